The Labute approximate surface area is 207 Å². The van der Waals surface area contributed by atoms with E-state index in [1.54, 1.807) is 29.7 Å². The van der Waals surface area contributed by atoms with Gasteiger partial charge in [-0.1, -0.05) is 50.9 Å². The standard InChI is InChI=1S/C25H30N4O3S2/c1-15(2)18-12-17-19(13-32-18)34-23-22(17)24(31)29(16-8-4-3-5-9-16)25(28-23)33-14-21(30)27-20-10-6-7-11-26-20/h6-7,10-11,15-16,18H,3-5,8-9,12-14H2,1-2H3,(H,26,27,30)/t18-/m1/s1. The Morgan fingerprint density at radius 2 is 2.12 bits per heavy atom. The molecule has 0 unspecified atom stereocenters. The number of anilines is 1. The number of amides is 1. The highest BCUT2D eigenvalue weighted by molar-refractivity contribution is 7.99. The topological polar surface area (TPSA) is 86.1 Å². The van der Waals surface area contributed by atoms with Gasteiger partial charge in [0.05, 0.1) is 23.8 Å². The minimum Gasteiger partial charge on any atom is -0.372 e. The molecule has 9 heteroatoms. The molecule has 0 saturated heterocycles. The Bertz CT molecular complexity index is 1230. The summed E-state index contributed by atoms with van der Waals surface area (Å²) in [7, 11) is 0. The first kappa shape index (κ1) is 23.5. The molecule has 180 valence electrons. The van der Waals surface area contributed by atoms with Crippen LogP contribution in [0.4, 0.5) is 5.82 Å². The second-order valence-corrected chi connectivity index (χ2v) is 11.4. The number of hydrogen-bond donors (Lipinski definition) is 1. The van der Waals surface area contributed by atoms with Gasteiger partial charge in [0.1, 0.15) is 10.6 Å². The fraction of sp³-hybridized carbons (Fsp3) is 0.520. The van der Waals surface area contributed by atoms with E-state index in [1.165, 1.54) is 18.2 Å². The van der Waals surface area contributed by atoms with Crippen LogP contribution in [0.1, 0.15) is 62.4 Å². The number of fused-ring (bicyclic) bond motifs is 3. The highest BCUT2D eigenvalue weighted by Gasteiger charge is 2.30. The lowest BCUT2D eigenvalue weighted by Gasteiger charge is -2.27. The van der Waals surface area contributed by atoms with Crippen LogP contribution in [-0.4, -0.2) is 32.3 Å². The van der Waals surface area contributed by atoms with Gasteiger partial charge in [0.2, 0.25) is 5.91 Å². The van der Waals surface area contributed by atoms with Crippen molar-refractivity contribution in [1.29, 1.82) is 0 Å². The van der Waals surface area contributed by atoms with E-state index >= 15 is 0 Å². The Hall–Kier alpha value is -2.23. The lowest BCUT2D eigenvalue weighted by Crippen LogP contribution is -2.31. The highest BCUT2D eigenvalue weighted by Crippen LogP contribution is 2.37. The fourth-order valence-electron chi connectivity index (χ4n) is 4.86. The maximum absolute atomic E-state index is 14.0. The van der Waals surface area contributed by atoms with E-state index in [9.17, 15) is 9.59 Å². The van der Waals surface area contributed by atoms with Crippen molar-refractivity contribution in [3.63, 3.8) is 0 Å². The van der Waals surface area contributed by atoms with Gasteiger partial charge in [-0.05, 0) is 36.5 Å². The number of nitrogens with zero attached hydrogens (tertiary/aromatic N) is 3. The summed E-state index contributed by atoms with van der Waals surface area (Å²) in [5.41, 5.74) is 1.17. The maximum Gasteiger partial charge on any atom is 0.263 e. The first-order valence-corrected chi connectivity index (χ1v) is 13.8. The molecule has 5 rings (SSSR count). The summed E-state index contributed by atoms with van der Waals surface area (Å²) in [4.78, 5) is 37.5. The van der Waals surface area contributed by atoms with Crippen LogP contribution in [0.2, 0.25) is 0 Å². The van der Waals surface area contributed by atoms with Crippen LogP contribution in [0, 0.1) is 5.92 Å². The molecule has 1 aliphatic carbocycles. The molecule has 1 amide bonds. The number of ether oxygens (including phenoxy) is 1. The third-order valence-electron chi connectivity index (χ3n) is 6.69. The number of rotatable bonds is 6. The number of carbonyl (C=O) groups excluding carboxylic acids is 1. The molecular formula is C25H30N4O3S2. The number of thioether (sulfide) groups is 1. The largest absolute Gasteiger partial charge is 0.372 e. The molecule has 1 fully saturated rings. The van der Waals surface area contributed by atoms with E-state index in [-0.39, 0.29) is 29.4 Å². The Kier molecular flexibility index (Phi) is 7.04. The fourth-order valence-corrected chi connectivity index (χ4v) is 6.89. The van der Waals surface area contributed by atoms with Crippen LogP contribution in [0.15, 0.2) is 34.3 Å². The number of hydrogen-bond acceptors (Lipinski definition) is 7. The number of pyridine rings is 1. The molecule has 3 aromatic heterocycles. The highest BCUT2D eigenvalue weighted by atomic mass is 32.2. The van der Waals surface area contributed by atoms with Crippen molar-refractivity contribution in [3.8, 4) is 0 Å². The molecule has 3 aromatic rings. The molecule has 4 heterocycles. The van der Waals surface area contributed by atoms with Crippen LogP contribution in [-0.2, 0) is 22.6 Å². The summed E-state index contributed by atoms with van der Waals surface area (Å²) in [6, 6.07) is 5.53. The van der Waals surface area contributed by atoms with Crippen molar-refractivity contribution >= 4 is 45.0 Å². The quantitative estimate of drug-likeness (QED) is 0.372. The zero-order chi connectivity index (χ0) is 23.7. The summed E-state index contributed by atoms with van der Waals surface area (Å²) in [6.07, 6.45) is 7.91. The van der Waals surface area contributed by atoms with Gasteiger partial charge in [0, 0.05) is 23.5 Å². The van der Waals surface area contributed by atoms with Crippen LogP contribution >= 0.6 is 23.1 Å². The zero-order valence-corrected chi connectivity index (χ0v) is 21.2. The number of thiophene rings is 1. The average molecular weight is 499 g/mol. The normalized spacial score (nSPS) is 18.9. The van der Waals surface area contributed by atoms with E-state index in [2.05, 4.69) is 24.1 Å². The minimum absolute atomic E-state index is 0.0476. The molecule has 7 nitrogen and oxygen atoms in total. The summed E-state index contributed by atoms with van der Waals surface area (Å²) < 4.78 is 7.95. The van der Waals surface area contributed by atoms with E-state index in [0.29, 0.717) is 23.5 Å². The zero-order valence-electron chi connectivity index (χ0n) is 19.6. The number of nitrogens with one attached hydrogen (secondary N) is 1. The lowest BCUT2D eigenvalue weighted by atomic mass is 9.94. The molecule has 1 N–H and O–H groups in total. The molecule has 1 saturated carbocycles. The molecule has 0 aromatic carbocycles. The monoisotopic (exact) mass is 498 g/mol. The van der Waals surface area contributed by atoms with Gasteiger partial charge in [-0.2, -0.15) is 0 Å². The van der Waals surface area contributed by atoms with Crippen LogP contribution in [0.3, 0.4) is 0 Å². The van der Waals surface area contributed by atoms with Gasteiger partial charge in [0.25, 0.3) is 5.56 Å². The number of carbonyl (C=O) groups is 1. The summed E-state index contributed by atoms with van der Waals surface area (Å²) in [5.74, 6) is 0.924. The van der Waals surface area contributed by atoms with Crippen molar-refractivity contribution in [2.75, 3.05) is 11.1 Å². The van der Waals surface area contributed by atoms with Gasteiger partial charge in [-0.15, -0.1) is 11.3 Å². The Balaban J connectivity index is 1.49. The SMILES string of the molecule is CC(C)[C@H]1Cc2c(sc3nc(SCC(=O)Nc4ccccn4)n(C4CCCCC4)c(=O)c23)CO1. The Morgan fingerprint density at radius 3 is 2.85 bits per heavy atom. The predicted molar refractivity (Wildman–Crippen MR) is 137 cm³/mol. The summed E-state index contributed by atoms with van der Waals surface area (Å²) >= 11 is 2.90. The van der Waals surface area contributed by atoms with Crippen LogP contribution in [0.25, 0.3) is 10.2 Å². The van der Waals surface area contributed by atoms with Crippen molar-refractivity contribution in [1.82, 2.24) is 14.5 Å². The van der Waals surface area contributed by atoms with Gasteiger partial charge >= 0.3 is 0 Å². The summed E-state index contributed by atoms with van der Waals surface area (Å²) in [5, 5.41) is 4.22. The van der Waals surface area contributed by atoms with Crippen molar-refractivity contribution in [2.24, 2.45) is 5.92 Å². The van der Waals surface area contributed by atoms with E-state index in [4.69, 9.17) is 9.72 Å². The molecule has 1 atom stereocenters. The molecule has 0 spiro atoms. The molecular weight excluding hydrogens is 468 g/mol. The minimum atomic E-state index is -0.160. The molecule has 0 radical (unpaired) electrons. The molecule has 34 heavy (non-hydrogen) atoms. The lowest BCUT2D eigenvalue weighted by molar-refractivity contribution is -0.113. The van der Waals surface area contributed by atoms with Gasteiger partial charge in [-0.25, -0.2) is 9.97 Å². The van der Waals surface area contributed by atoms with E-state index in [1.807, 2.05) is 10.6 Å². The molecule has 1 aliphatic heterocycles. The smallest absolute Gasteiger partial charge is 0.263 e. The van der Waals surface area contributed by atoms with Gasteiger partial charge < -0.3 is 10.1 Å². The second-order valence-electron chi connectivity index (χ2n) is 9.39. The third kappa shape index (κ3) is 4.78. The van der Waals surface area contributed by atoms with Crippen molar-refractivity contribution in [3.05, 3.63) is 45.2 Å². The summed E-state index contributed by atoms with van der Waals surface area (Å²) in [6.45, 7) is 4.86. The van der Waals surface area contributed by atoms with Gasteiger partial charge in [-0.3, -0.25) is 14.2 Å². The first-order valence-electron chi connectivity index (χ1n) is 12.0. The number of aromatic nitrogens is 3. The third-order valence-corrected chi connectivity index (χ3v) is 8.74. The van der Waals surface area contributed by atoms with Gasteiger partial charge in [0.15, 0.2) is 5.16 Å². The second kappa shape index (κ2) is 10.2. The van der Waals surface area contributed by atoms with E-state index in [0.717, 1.165) is 52.8 Å². The Morgan fingerprint density at radius 1 is 1.29 bits per heavy atom. The van der Waals surface area contributed by atoms with Crippen molar-refractivity contribution < 1.29 is 9.53 Å². The van der Waals surface area contributed by atoms with E-state index < -0.39 is 0 Å². The molecule has 2 aliphatic rings. The van der Waals surface area contributed by atoms with Crippen molar-refractivity contribution in [2.45, 2.75) is 76.3 Å². The van der Waals surface area contributed by atoms with Crippen LogP contribution < -0.4 is 10.9 Å². The molecule has 0 bridgehead atoms. The predicted octanol–water partition coefficient (Wildman–Crippen LogP) is 5.19. The maximum atomic E-state index is 14.0. The first-order chi connectivity index (χ1) is 16.5. The average Bonchev–Trinajstić information content (AvgIpc) is 3.22. The van der Waals surface area contributed by atoms with Crippen LogP contribution in [0.5, 0.6) is 0 Å².